The Balaban J connectivity index is 1.48. The SMILES string of the molecule is O=C(c1ccncc1)N1C[C@@H]2CC[C@H](C1)N(C(=O)Cc1ccncc1)C2. The van der Waals surface area contributed by atoms with E-state index in [-0.39, 0.29) is 17.9 Å². The van der Waals surface area contributed by atoms with Crippen molar-refractivity contribution in [3.63, 3.8) is 0 Å². The van der Waals surface area contributed by atoms with E-state index in [1.807, 2.05) is 21.9 Å². The van der Waals surface area contributed by atoms with Gasteiger partial charge in [-0.1, -0.05) is 0 Å². The third-order valence-corrected chi connectivity index (χ3v) is 5.35. The molecule has 26 heavy (non-hydrogen) atoms. The summed E-state index contributed by atoms with van der Waals surface area (Å²) in [6.07, 6.45) is 9.15. The Morgan fingerprint density at radius 1 is 0.923 bits per heavy atom. The van der Waals surface area contributed by atoms with Crippen LogP contribution in [0.15, 0.2) is 49.1 Å². The number of aromatic nitrogens is 2. The van der Waals surface area contributed by atoms with E-state index in [2.05, 4.69) is 9.97 Å². The van der Waals surface area contributed by atoms with E-state index in [1.165, 1.54) is 0 Å². The van der Waals surface area contributed by atoms with Gasteiger partial charge in [0.15, 0.2) is 0 Å². The lowest BCUT2D eigenvalue weighted by molar-refractivity contribution is -0.134. The molecule has 0 aromatic carbocycles. The van der Waals surface area contributed by atoms with Gasteiger partial charge in [0.2, 0.25) is 5.91 Å². The van der Waals surface area contributed by atoms with Gasteiger partial charge in [-0.15, -0.1) is 0 Å². The molecule has 2 amide bonds. The number of hydrogen-bond donors (Lipinski definition) is 0. The third kappa shape index (κ3) is 3.45. The second-order valence-electron chi connectivity index (χ2n) is 7.12. The molecule has 134 valence electrons. The molecule has 6 nitrogen and oxygen atoms in total. The summed E-state index contributed by atoms with van der Waals surface area (Å²) >= 11 is 0. The minimum absolute atomic E-state index is 0.0349. The van der Waals surface area contributed by atoms with Crippen molar-refractivity contribution >= 4 is 11.8 Å². The fourth-order valence-electron chi connectivity index (χ4n) is 4.01. The Kier molecular flexibility index (Phi) is 4.65. The normalized spacial score (nSPS) is 22.2. The highest BCUT2D eigenvalue weighted by Crippen LogP contribution is 2.29. The van der Waals surface area contributed by atoms with Crippen LogP contribution in [0.25, 0.3) is 0 Å². The van der Waals surface area contributed by atoms with Crippen molar-refractivity contribution in [2.45, 2.75) is 25.3 Å². The number of amides is 2. The molecular weight excluding hydrogens is 328 g/mol. The topological polar surface area (TPSA) is 66.4 Å². The molecule has 0 spiro atoms. The lowest BCUT2D eigenvalue weighted by Gasteiger charge is -2.36. The maximum Gasteiger partial charge on any atom is 0.254 e. The van der Waals surface area contributed by atoms with E-state index in [9.17, 15) is 9.59 Å². The van der Waals surface area contributed by atoms with Gasteiger partial charge < -0.3 is 9.80 Å². The monoisotopic (exact) mass is 350 g/mol. The molecule has 3 aliphatic rings. The molecule has 6 heteroatoms. The van der Waals surface area contributed by atoms with Gasteiger partial charge in [0.1, 0.15) is 0 Å². The highest BCUT2D eigenvalue weighted by atomic mass is 16.2. The highest BCUT2D eigenvalue weighted by Gasteiger charge is 2.38. The van der Waals surface area contributed by atoms with Gasteiger partial charge in [-0.05, 0) is 48.6 Å². The van der Waals surface area contributed by atoms with Crippen LogP contribution in [0.4, 0.5) is 0 Å². The zero-order valence-corrected chi connectivity index (χ0v) is 14.6. The van der Waals surface area contributed by atoms with E-state index >= 15 is 0 Å². The zero-order valence-electron chi connectivity index (χ0n) is 14.6. The van der Waals surface area contributed by atoms with Crippen molar-refractivity contribution in [2.24, 2.45) is 5.92 Å². The Hall–Kier alpha value is -2.76. The minimum atomic E-state index is 0.0349. The number of pyridine rings is 2. The molecule has 2 bridgehead atoms. The summed E-state index contributed by atoms with van der Waals surface area (Å²) in [5, 5.41) is 0. The average molecular weight is 350 g/mol. The van der Waals surface area contributed by atoms with Crippen molar-refractivity contribution < 1.29 is 9.59 Å². The first-order chi connectivity index (χ1) is 12.7. The molecule has 5 heterocycles. The summed E-state index contributed by atoms with van der Waals surface area (Å²) in [6, 6.07) is 7.37. The van der Waals surface area contributed by atoms with E-state index in [0.717, 1.165) is 31.5 Å². The van der Waals surface area contributed by atoms with E-state index in [1.54, 1.807) is 36.9 Å². The average Bonchev–Trinajstić information content (AvgIpc) is 3.01. The van der Waals surface area contributed by atoms with E-state index in [0.29, 0.717) is 24.4 Å². The molecule has 0 N–H and O–H groups in total. The summed E-state index contributed by atoms with van der Waals surface area (Å²) in [5.41, 5.74) is 1.64. The minimum Gasteiger partial charge on any atom is -0.337 e. The van der Waals surface area contributed by atoms with Crippen LogP contribution in [-0.4, -0.2) is 57.3 Å². The van der Waals surface area contributed by atoms with Crippen LogP contribution in [0.5, 0.6) is 0 Å². The highest BCUT2D eigenvalue weighted by molar-refractivity contribution is 5.94. The fraction of sp³-hybridized carbons (Fsp3) is 0.400. The molecule has 2 aromatic rings. The first-order valence-electron chi connectivity index (χ1n) is 9.08. The molecule has 0 unspecified atom stereocenters. The fourth-order valence-corrected chi connectivity index (χ4v) is 4.01. The molecule has 5 rings (SSSR count). The molecule has 2 atom stereocenters. The molecule has 3 saturated heterocycles. The van der Waals surface area contributed by atoms with Gasteiger partial charge in [-0.25, -0.2) is 0 Å². The smallest absolute Gasteiger partial charge is 0.254 e. The van der Waals surface area contributed by atoms with Crippen LogP contribution in [-0.2, 0) is 11.2 Å². The maximum atomic E-state index is 12.9. The van der Waals surface area contributed by atoms with Gasteiger partial charge >= 0.3 is 0 Å². The Bertz CT molecular complexity index is 781. The first-order valence-corrected chi connectivity index (χ1v) is 9.08. The quantitative estimate of drug-likeness (QED) is 0.846. The number of piperidine rings is 1. The van der Waals surface area contributed by atoms with Gasteiger partial charge in [0.05, 0.1) is 6.42 Å². The van der Waals surface area contributed by atoms with Crippen molar-refractivity contribution in [2.75, 3.05) is 19.6 Å². The Morgan fingerprint density at radius 2 is 1.62 bits per heavy atom. The van der Waals surface area contributed by atoms with Crippen LogP contribution < -0.4 is 0 Å². The Morgan fingerprint density at radius 3 is 2.35 bits per heavy atom. The molecule has 2 aromatic heterocycles. The predicted molar refractivity (Wildman–Crippen MR) is 96.3 cm³/mol. The van der Waals surface area contributed by atoms with Crippen molar-refractivity contribution in [1.82, 2.24) is 19.8 Å². The van der Waals surface area contributed by atoms with Crippen LogP contribution >= 0.6 is 0 Å². The summed E-state index contributed by atoms with van der Waals surface area (Å²) < 4.78 is 0. The second-order valence-corrected chi connectivity index (χ2v) is 7.12. The van der Waals surface area contributed by atoms with Crippen LogP contribution in [0.3, 0.4) is 0 Å². The number of nitrogens with zero attached hydrogens (tertiary/aromatic N) is 4. The number of rotatable bonds is 3. The lowest BCUT2D eigenvalue weighted by Crippen LogP contribution is -2.48. The standard InChI is InChI=1S/C20H22N4O2/c25-19(11-15-3-7-21-8-4-15)24-13-16-1-2-18(24)14-23(12-16)20(26)17-5-9-22-10-6-17/h3-10,16,18H,1-2,11-14H2/t16-,18+/m0/s1. The molecule has 0 radical (unpaired) electrons. The van der Waals surface area contributed by atoms with Crippen molar-refractivity contribution in [3.8, 4) is 0 Å². The number of hydrogen-bond acceptors (Lipinski definition) is 4. The molecule has 0 aliphatic carbocycles. The molecule has 3 fully saturated rings. The molecule has 0 saturated carbocycles. The van der Waals surface area contributed by atoms with E-state index in [4.69, 9.17) is 0 Å². The number of carbonyl (C=O) groups is 2. The van der Waals surface area contributed by atoms with E-state index < -0.39 is 0 Å². The van der Waals surface area contributed by atoms with Gasteiger partial charge in [-0.2, -0.15) is 0 Å². The van der Waals surface area contributed by atoms with Crippen LogP contribution in [0, 0.1) is 5.92 Å². The zero-order chi connectivity index (χ0) is 17.9. The first kappa shape index (κ1) is 16.7. The predicted octanol–water partition coefficient (Wildman–Crippen LogP) is 1.78. The van der Waals surface area contributed by atoms with Crippen molar-refractivity contribution in [3.05, 3.63) is 60.2 Å². The molecular formula is C20H22N4O2. The van der Waals surface area contributed by atoms with Crippen LogP contribution in [0.2, 0.25) is 0 Å². The van der Waals surface area contributed by atoms with Gasteiger partial charge in [-0.3, -0.25) is 19.6 Å². The number of fused-ring (bicyclic) bond motifs is 4. The summed E-state index contributed by atoms with van der Waals surface area (Å²) in [6.45, 7) is 2.07. The largest absolute Gasteiger partial charge is 0.337 e. The number of carbonyl (C=O) groups excluding carboxylic acids is 2. The third-order valence-electron chi connectivity index (χ3n) is 5.35. The van der Waals surface area contributed by atoms with Gasteiger partial charge in [0, 0.05) is 56.0 Å². The summed E-state index contributed by atoms with van der Waals surface area (Å²) in [5.74, 6) is 0.526. The molecule has 3 aliphatic heterocycles. The maximum absolute atomic E-state index is 12.9. The lowest BCUT2D eigenvalue weighted by atomic mass is 9.94. The van der Waals surface area contributed by atoms with Gasteiger partial charge in [0.25, 0.3) is 5.91 Å². The van der Waals surface area contributed by atoms with Crippen molar-refractivity contribution in [1.29, 1.82) is 0 Å². The van der Waals surface area contributed by atoms with Crippen LogP contribution in [0.1, 0.15) is 28.8 Å². The Labute approximate surface area is 152 Å². The second kappa shape index (κ2) is 7.23. The summed E-state index contributed by atoms with van der Waals surface area (Å²) in [7, 11) is 0. The summed E-state index contributed by atoms with van der Waals surface area (Å²) in [4.78, 5) is 37.6.